The minimum absolute atomic E-state index is 0.275. The molecule has 2 amide bonds. The second-order valence-electron chi connectivity index (χ2n) is 7.64. The zero-order valence-corrected chi connectivity index (χ0v) is 17.7. The lowest BCUT2D eigenvalue weighted by Gasteiger charge is -2.29. The Morgan fingerprint density at radius 3 is 1.91 bits per heavy atom. The maximum Gasteiger partial charge on any atom is 0.266 e. The highest BCUT2D eigenvalue weighted by molar-refractivity contribution is 6.23. The summed E-state index contributed by atoms with van der Waals surface area (Å²) in [6.45, 7) is 0. The second-order valence-corrected chi connectivity index (χ2v) is 7.64. The normalized spacial score (nSPS) is 22.2. The molecule has 3 atom stereocenters. The van der Waals surface area contributed by atoms with Crippen molar-refractivity contribution in [3.05, 3.63) is 84.4 Å². The van der Waals surface area contributed by atoms with Crippen LogP contribution in [0.1, 0.15) is 11.6 Å². The largest absolute Gasteiger partial charge is 0.497 e. The highest BCUT2D eigenvalue weighted by Crippen LogP contribution is 2.47. The van der Waals surface area contributed by atoms with Crippen LogP contribution in [0.2, 0.25) is 0 Å². The summed E-state index contributed by atoms with van der Waals surface area (Å²) >= 11 is 0. The fourth-order valence-corrected chi connectivity index (χ4v) is 4.34. The van der Waals surface area contributed by atoms with E-state index in [1.54, 1.807) is 43.5 Å². The Balaban J connectivity index is 1.56. The predicted octanol–water partition coefficient (Wildman–Crippen LogP) is 3.75. The zero-order chi connectivity index (χ0) is 22.2. The van der Waals surface area contributed by atoms with Crippen LogP contribution in [-0.4, -0.2) is 32.1 Å². The maximum atomic E-state index is 13.5. The average molecular weight is 430 g/mol. The number of para-hydroxylation sites is 1. The fraction of sp³-hybridized carbons (Fsp3) is 0.200. The van der Waals surface area contributed by atoms with Crippen molar-refractivity contribution < 1.29 is 23.9 Å². The average Bonchev–Trinajstić information content (AvgIpc) is 3.35. The Kier molecular flexibility index (Phi) is 5.03. The Labute approximate surface area is 185 Å². The molecular formula is C25H22N2O5. The first kappa shape index (κ1) is 20.1. The summed E-state index contributed by atoms with van der Waals surface area (Å²) in [6, 6.07) is 23.3. The first-order valence-electron chi connectivity index (χ1n) is 10.3. The number of benzene rings is 3. The molecule has 0 saturated carbocycles. The Hall–Kier alpha value is -3.84. The number of hydrogen-bond donors (Lipinski definition) is 0. The summed E-state index contributed by atoms with van der Waals surface area (Å²) in [7, 11) is 3.20. The number of hydroxylamine groups is 1. The Morgan fingerprint density at radius 2 is 1.31 bits per heavy atom. The molecule has 0 aromatic heterocycles. The van der Waals surface area contributed by atoms with Crippen LogP contribution in [0, 0.1) is 5.92 Å². The summed E-state index contributed by atoms with van der Waals surface area (Å²) in [5.41, 5.74) is 2.13. The van der Waals surface area contributed by atoms with Crippen molar-refractivity contribution >= 4 is 23.2 Å². The van der Waals surface area contributed by atoms with Crippen LogP contribution in [0.25, 0.3) is 0 Å². The smallest absolute Gasteiger partial charge is 0.266 e. The number of ether oxygens (including phenoxy) is 2. The molecule has 2 fully saturated rings. The van der Waals surface area contributed by atoms with Gasteiger partial charge in [-0.15, -0.1) is 0 Å². The van der Waals surface area contributed by atoms with Crippen LogP contribution >= 0.6 is 0 Å². The van der Waals surface area contributed by atoms with E-state index in [0.29, 0.717) is 17.2 Å². The molecule has 0 unspecified atom stereocenters. The van der Waals surface area contributed by atoms with E-state index >= 15 is 0 Å². The monoisotopic (exact) mass is 430 g/mol. The molecule has 0 N–H and O–H groups in total. The first-order valence-corrected chi connectivity index (χ1v) is 10.3. The van der Waals surface area contributed by atoms with Gasteiger partial charge in [-0.3, -0.25) is 14.4 Å². The molecule has 2 aliphatic rings. The van der Waals surface area contributed by atoms with E-state index in [1.807, 2.05) is 54.6 Å². The number of nitrogens with zero attached hydrogens (tertiary/aromatic N) is 2. The van der Waals surface area contributed by atoms with E-state index in [1.165, 1.54) is 4.90 Å². The van der Waals surface area contributed by atoms with Gasteiger partial charge in [0.1, 0.15) is 17.4 Å². The van der Waals surface area contributed by atoms with Crippen molar-refractivity contribution in [3.63, 3.8) is 0 Å². The summed E-state index contributed by atoms with van der Waals surface area (Å²) in [6.07, 6.45) is -0.906. The van der Waals surface area contributed by atoms with Crippen molar-refractivity contribution in [2.24, 2.45) is 5.92 Å². The zero-order valence-electron chi connectivity index (χ0n) is 17.7. The lowest BCUT2D eigenvalue weighted by Crippen LogP contribution is -2.37. The van der Waals surface area contributed by atoms with Gasteiger partial charge in [0.25, 0.3) is 5.91 Å². The van der Waals surface area contributed by atoms with E-state index < -0.39 is 18.1 Å². The molecule has 0 bridgehead atoms. The molecule has 0 radical (unpaired) electrons. The molecule has 0 spiro atoms. The van der Waals surface area contributed by atoms with Gasteiger partial charge >= 0.3 is 0 Å². The lowest BCUT2D eigenvalue weighted by molar-refractivity contribution is -0.126. The third kappa shape index (κ3) is 3.18. The van der Waals surface area contributed by atoms with Gasteiger partial charge in [-0.2, -0.15) is 0 Å². The van der Waals surface area contributed by atoms with Crippen LogP contribution in [0.3, 0.4) is 0 Å². The summed E-state index contributed by atoms with van der Waals surface area (Å²) in [5.74, 6) is 0.0958. The number of carbonyl (C=O) groups is 2. The molecule has 162 valence electrons. The van der Waals surface area contributed by atoms with Crippen LogP contribution in [-0.2, 0) is 14.4 Å². The number of amides is 2. The van der Waals surface area contributed by atoms with E-state index in [0.717, 1.165) is 11.3 Å². The quantitative estimate of drug-likeness (QED) is 0.575. The predicted molar refractivity (Wildman–Crippen MR) is 119 cm³/mol. The number of fused-ring (bicyclic) bond motifs is 1. The van der Waals surface area contributed by atoms with E-state index in [2.05, 4.69) is 0 Å². The molecule has 7 heteroatoms. The summed E-state index contributed by atoms with van der Waals surface area (Å²) < 4.78 is 10.5. The highest BCUT2D eigenvalue weighted by Gasteiger charge is 2.60. The van der Waals surface area contributed by atoms with Gasteiger partial charge in [-0.25, -0.2) is 9.96 Å². The third-order valence-electron chi connectivity index (χ3n) is 5.91. The molecule has 0 aliphatic carbocycles. The Bertz CT molecular complexity index is 1130. The molecule has 2 saturated heterocycles. The van der Waals surface area contributed by atoms with Gasteiger partial charge < -0.3 is 9.47 Å². The van der Waals surface area contributed by atoms with Gasteiger partial charge in [0, 0.05) is 0 Å². The van der Waals surface area contributed by atoms with Crippen LogP contribution < -0.4 is 19.4 Å². The second kappa shape index (κ2) is 8.01. The minimum atomic E-state index is -0.906. The molecule has 5 rings (SSSR count). The van der Waals surface area contributed by atoms with Crippen molar-refractivity contribution in [1.82, 2.24) is 0 Å². The molecule has 7 nitrogen and oxygen atoms in total. The van der Waals surface area contributed by atoms with Crippen molar-refractivity contribution in [1.29, 1.82) is 0 Å². The van der Waals surface area contributed by atoms with Gasteiger partial charge in [-0.05, 0) is 54.1 Å². The molecule has 2 aliphatic heterocycles. The summed E-state index contributed by atoms with van der Waals surface area (Å²) in [4.78, 5) is 34.2. The lowest BCUT2D eigenvalue weighted by atomic mass is 9.90. The van der Waals surface area contributed by atoms with E-state index in [4.69, 9.17) is 14.3 Å². The van der Waals surface area contributed by atoms with Crippen LogP contribution in [0.4, 0.5) is 11.4 Å². The Morgan fingerprint density at radius 1 is 0.719 bits per heavy atom. The minimum Gasteiger partial charge on any atom is -0.497 e. The topological polar surface area (TPSA) is 68.3 Å². The van der Waals surface area contributed by atoms with E-state index in [9.17, 15) is 9.59 Å². The molecule has 3 aromatic carbocycles. The summed E-state index contributed by atoms with van der Waals surface area (Å²) in [5, 5.41) is 1.66. The number of anilines is 2. The number of imide groups is 1. The third-order valence-corrected chi connectivity index (χ3v) is 5.91. The van der Waals surface area contributed by atoms with Crippen molar-refractivity contribution in [2.75, 3.05) is 24.2 Å². The van der Waals surface area contributed by atoms with E-state index in [-0.39, 0.29) is 11.8 Å². The maximum absolute atomic E-state index is 13.5. The van der Waals surface area contributed by atoms with Gasteiger partial charge in [0.05, 0.1) is 31.6 Å². The first-order chi connectivity index (χ1) is 15.6. The van der Waals surface area contributed by atoms with Gasteiger partial charge in [0.15, 0.2) is 6.10 Å². The number of hydrogen-bond acceptors (Lipinski definition) is 6. The molecular weight excluding hydrogens is 408 g/mol. The number of methoxy groups -OCH3 is 2. The molecule has 3 aromatic rings. The van der Waals surface area contributed by atoms with Crippen LogP contribution in [0.5, 0.6) is 11.5 Å². The van der Waals surface area contributed by atoms with Crippen molar-refractivity contribution in [3.8, 4) is 11.5 Å². The number of carbonyl (C=O) groups excluding carboxylic acids is 2. The van der Waals surface area contributed by atoms with Gasteiger partial charge in [-0.1, -0.05) is 30.3 Å². The fourth-order valence-electron chi connectivity index (χ4n) is 4.34. The van der Waals surface area contributed by atoms with Crippen LogP contribution in [0.15, 0.2) is 78.9 Å². The molecule has 32 heavy (non-hydrogen) atoms. The highest BCUT2D eigenvalue weighted by atomic mass is 16.7. The standard InChI is InChI=1S/C25H22N2O5/c1-30-19-12-8-16(9-13-19)22-21-23(32-27(22)18-10-14-20(31-2)15-11-18)25(29)26(24(21)28)17-6-4-3-5-7-17/h3-15,21-23H,1-2H3/t21-,22+,23-/m0/s1. The van der Waals surface area contributed by atoms with Crippen molar-refractivity contribution in [2.45, 2.75) is 12.1 Å². The SMILES string of the molecule is COc1ccc([C@@H]2[C@@H]3C(=O)N(c4ccccc4)C(=O)[C@H]3ON2c2ccc(OC)cc2)cc1. The molecule has 2 heterocycles. The van der Waals surface area contributed by atoms with Gasteiger partial charge in [0.2, 0.25) is 5.91 Å². The number of rotatable bonds is 5.